The third-order valence-corrected chi connectivity index (χ3v) is 9.19. The van der Waals surface area contributed by atoms with Gasteiger partial charge < -0.3 is 20.9 Å². The minimum absolute atomic E-state index is 0.104. The Morgan fingerprint density at radius 2 is 1.48 bits per heavy atom. The molecule has 5 rings (SSSR count). The second kappa shape index (κ2) is 14.1. The number of para-hydroxylation sites is 2. The Kier molecular flexibility index (Phi) is 10.0. The van der Waals surface area contributed by atoms with Crippen molar-refractivity contribution in [3.63, 3.8) is 0 Å². The summed E-state index contributed by atoms with van der Waals surface area (Å²) in [5.74, 6) is 0.148. The number of hydrogen-bond acceptors (Lipinski definition) is 3. The number of hydrogen-bond donors (Lipinski definition) is 4. The molecular formula is C37H47N5O2. The molecule has 2 aromatic carbocycles. The SMILES string of the molecule is CC(C)c1cccc(C(C)C)c1NC(=O)NC(c1c[nH]c2ccccc12)C(C)C(=O)NC(c1ccccn1)C1CCCCC1. The summed E-state index contributed by atoms with van der Waals surface area (Å²) in [4.78, 5) is 36.0. The molecule has 7 nitrogen and oxygen atoms in total. The smallest absolute Gasteiger partial charge is 0.319 e. The van der Waals surface area contributed by atoms with Gasteiger partial charge in [-0.3, -0.25) is 9.78 Å². The molecule has 3 unspecified atom stereocenters. The molecule has 3 amide bonds. The first kappa shape index (κ1) is 31.3. The highest BCUT2D eigenvalue weighted by Gasteiger charge is 2.34. The first-order valence-corrected chi connectivity index (χ1v) is 16.2. The van der Waals surface area contributed by atoms with Crippen LogP contribution in [0.15, 0.2) is 73.1 Å². The highest BCUT2D eigenvalue weighted by atomic mass is 16.2. The number of anilines is 1. The molecular weight excluding hydrogens is 546 g/mol. The minimum atomic E-state index is -0.574. The predicted molar refractivity (Wildman–Crippen MR) is 179 cm³/mol. The molecule has 2 heterocycles. The van der Waals surface area contributed by atoms with E-state index >= 15 is 0 Å². The highest BCUT2D eigenvalue weighted by molar-refractivity contribution is 5.93. The van der Waals surface area contributed by atoms with Crippen LogP contribution in [-0.4, -0.2) is 21.9 Å². The molecule has 1 aliphatic carbocycles. The van der Waals surface area contributed by atoms with Gasteiger partial charge in [0.05, 0.1) is 23.7 Å². The van der Waals surface area contributed by atoms with Gasteiger partial charge in [-0.1, -0.05) is 96.3 Å². The lowest BCUT2D eigenvalue weighted by Crippen LogP contribution is -2.44. The third kappa shape index (κ3) is 6.98. The molecule has 2 aromatic heterocycles. The van der Waals surface area contributed by atoms with Crippen LogP contribution in [0.5, 0.6) is 0 Å². The normalized spacial score (nSPS) is 16.1. The van der Waals surface area contributed by atoms with E-state index in [1.807, 2.05) is 55.6 Å². The van der Waals surface area contributed by atoms with E-state index in [1.165, 1.54) is 6.42 Å². The van der Waals surface area contributed by atoms with Crippen LogP contribution >= 0.6 is 0 Å². The molecule has 0 spiro atoms. The second-order valence-corrected chi connectivity index (χ2v) is 12.9. The lowest BCUT2D eigenvalue weighted by molar-refractivity contribution is -0.126. The van der Waals surface area contributed by atoms with Gasteiger partial charge in [0, 0.05) is 34.5 Å². The summed E-state index contributed by atoms with van der Waals surface area (Å²) in [5, 5.41) is 10.8. The number of H-pyrrole nitrogens is 1. The fourth-order valence-corrected chi connectivity index (χ4v) is 6.71. The Bertz CT molecular complexity index is 1530. The van der Waals surface area contributed by atoms with E-state index in [1.54, 1.807) is 6.20 Å². The fraction of sp³-hybridized carbons (Fsp3) is 0.432. The maximum absolute atomic E-state index is 14.1. The Hall–Kier alpha value is -4.13. The highest BCUT2D eigenvalue weighted by Crippen LogP contribution is 2.36. The van der Waals surface area contributed by atoms with Gasteiger partial charge in [-0.05, 0) is 59.9 Å². The van der Waals surface area contributed by atoms with Crippen LogP contribution < -0.4 is 16.0 Å². The summed E-state index contributed by atoms with van der Waals surface area (Å²) in [5.41, 5.74) is 5.76. The van der Waals surface area contributed by atoms with Gasteiger partial charge in [0.15, 0.2) is 0 Å². The minimum Gasteiger partial charge on any atom is -0.361 e. The molecule has 7 heteroatoms. The maximum Gasteiger partial charge on any atom is 0.319 e. The van der Waals surface area contributed by atoms with Crippen LogP contribution in [0.3, 0.4) is 0 Å². The van der Waals surface area contributed by atoms with Crippen molar-refractivity contribution in [2.24, 2.45) is 11.8 Å². The predicted octanol–water partition coefficient (Wildman–Crippen LogP) is 8.75. The molecule has 0 radical (unpaired) electrons. The van der Waals surface area contributed by atoms with Gasteiger partial charge in [-0.2, -0.15) is 0 Å². The van der Waals surface area contributed by atoms with Crippen molar-refractivity contribution in [3.8, 4) is 0 Å². The molecule has 1 fully saturated rings. The standard InChI is InChI=1S/C37H47N5O2/c1-23(2)27-17-13-18-28(24(3)4)35(27)42-37(44)41-33(30-22-39-31-19-10-9-16-29(30)31)25(5)36(43)40-34(26-14-7-6-8-15-26)32-20-11-12-21-38-32/h9-13,16-26,33-34,39H,6-8,14-15H2,1-5H3,(H,40,43)(H2,41,42,44). The molecule has 3 atom stereocenters. The van der Waals surface area contributed by atoms with Crippen LogP contribution in [0.1, 0.15) is 113 Å². The zero-order valence-electron chi connectivity index (χ0n) is 26.7. The van der Waals surface area contributed by atoms with E-state index in [0.29, 0.717) is 5.92 Å². The number of aromatic amines is 1. The number of fused-ring (bicyclic) bond motifs is 1. The number of nitrogens with zero attached hydrogens (tertiary/aromatic N) is 1. The van der Waals surface area contributed by atoms with E-state index in [2.05, 4.69) is 71.8 Å². The largest absolute Gasteiger partial charge is 0.361 e. The van der Waals surface area contributed by atoms with E-state index in [-0.39, 0.29) is 29.8 Å². The molecule has 0 aliphatic heterocycles. The Morgan fingerprint density at radius 3 is 2.14 bits per heavy atom. The number of amides is 3. The van der Waals surface area contributed by atoms with Crippen molar-refractivity contribution in [1.29, 1.82) is 0 Å². The molecule has 1 aliphatic rings. The average molecular weight is 594 g/mol. The number of nitrogens with one attached hydrogen (secondary N) is 4. The van der Waals surface area contributed by atoms with Gasteiger partial charge in [0.1, 0.15) is 0 Å². The number of carbonyl (C=O) groups is 2. The van der Waals surface area contributed by atoms with Crippen LogP contribution in [0, 0.1) is 11.8 Å². The van der Waals surface area contributed by atoms with E-state index in [9.17, 15) is 9.59 Å². The molecule has 0 bridgehead atoms. The Labute approximate surface area is 261 Å². The van der Waals surface area contributed by atoms with Gasteiger partial charge in [0.2, 0.25) is 5.91 Å². The van der Waals surface area contributed by atoms with E-state index in [4.69, 9.17) is 0 Å². The van der Waals surface area contributed by atoms with E-state index < -0.39 is 12.0 Å². The maximum atomic E-state index is 14.1. The first-order valence-electron chi connectivity index (χ1n) is 16.2. The van der Waals surface area contributed by atoms with Gasteiger partial charge in [0.25, 0.3) is 0 Å². The number of aromatic nitrogens is 2. The van der Waals surface area contributed by atoms with Gasteiger partial charge >= 0.3 is 6.03 Å². The van der Waals surface area contributed by atoms with Crippen molar-refractivity contribution in [2.75, 3.05) is 5.32 Å². The number of pyridine rings is 1. The molecule has 232 valence electrons. The van der Waals surface area contributed by atoms with Crippen molar-refractivity contribution in [3.05, 3.63) is 95.4 Å². The summed E-state index contributed by atoms with van der Waals surface area (Å²) in [6.45, 7) is 10.4. The molecule has 4 aromatic rings. The van der Waals surface area contributed by atoms with Crippen LogP contribution in [-0.2, 0) is 4.79 Å². The molecule has 1 saturated carbocycles. The van der Waals surface area contributed by atoms with Crippen molar-refractivity contribution >= 4 is 28.5 Å². The zero-order valence-corrected chi connectivity index (χ0v) is 26.7. The van der Waals surface area contributed by atoms with Gasteiger partial charge in [-0.25, -0.2) is 4.79 Å². The van der Waals surface area contributed by atoms with Crippen molar-refractivity contribution < 1.29 is 9.59 Å². The topological polar surface area (TPSA) is 98.9 Å². The summed E-state index contributed by atoms with van der Waals surface area (Å²) in [6, 6.07) is 19.0. The van der Waals surface area contributed by atoms with Crippen LogP contribution in [0.4, 0.5) is 10.5 Å². The summed E-state index contributed by atoms with van der Waals surface area (Å²) in [7, 11) is 0. The summed E-state index contributed by atoms with van der Waals surface area (Å²) in [6.07, 6.45) is 9.40. The first-order chi connectivity index (χ1) is 21.2. The Morgan fingerprint density at radius 1 is 0.795 bits per heavy atom. The molecule has 0 saturated heterocycles. The average Bonchev–Trinajstić information content (AvgIpc) is 3.46. The molecule has 4 N–H and O–H groups in total. The van der Waals surface area contributed by atoms with E-state index in [0.717, 1.165) is 64.7 Å². The quantitative estimate of drug-likeness (QED) is 0.148. The number of urea groups is 1. The number of carbonyl (C=O) groups excluding carboxylic acids is 2. The summed E-state index contributed by atoms with van der Waals surface area (Å²) < 4.78 is 0. The number of benzene rings is 2. The molecule has 44 heavy (non-hydrogen) atoms. The Balaban J connectivity index is 1.45. The fourth-order valence-electron chi connectivity index (χ4n) is 6.71. The lowest BCUT2D eigenvalue weighted by Gasteiger charge is -2.33. The lowest BCUT2D eigenvalue weighted by atomic mass is 9.82. The monoisotopic (exact) mass is 593 g/mol. The summed E-state index contributed by atoms with van der Waals surface area (Å²) >= 11 is 0. The van der Waals surface area contributed by atoms with Crippen molar-refractivity contribution in [2.45, 2.75) is 90.6 Å². The number of rotatable bonds is 10. The third-order valence-electron chi connectivity index (χ3n) is 9.19. The van der Waals surface area contributed by atoms with Crippen LogP contribution in [0.25, 0.3) is 10.9 Å². The van der Waals surface area contributed by atoms with Crippen molar-refractivity contribution in [1.82, 2.24) is 20.6 Å². The zero-order chi connectivity index (χ0) is 31.2. The van der Waals surface area contributed by atoms with Crippen LogP contribution in [0.2, 0.25) is 0 Å². The van der Waals surface area contributed by atoms with Gasteiger partial charge in [-0.15, -0.1) is 0 Å². The second-order valence-electron chi connectivity index (χ2n) is 12.9.